The van der Waals surface area contributed by atoms with Crippen LogP contribution < -0.4 is 15.4 Å². The summed E-state index contributed by atoms with van der Waals surface area (Å²) in [7, 11) is 0. The number of carbonyl (C=O) groups is 1. The Balaban J connectivity index is 1.32. The van der Waals surface area contributed by atoms with Crippen LogP contribution in [0.5, 0.6) is 5.75 Å². The molecule has 0 unspecified atom stereocenters. The van der Waals surface area contributed by atoms with Crippen LogP contribution in [0.4, 0.5) is 4.79 Å². The molecule has 0 atom stereocenters. The van der Waals surface area contributed by atoms with Crippen molar-refractivity contribution in [1.82, 2.24) is 10.6 Å². The van der Waals surface area contributed by atoms with Gasteiger partial charge < -0.3 is 20.5 Å². The average molecular weight is 328 g/mol. The van der Waals surface area contributed by atoms with Crippen LogP contribution in [0.3, 0.4) is 0 Å². The Hall–Kier alpha value is -2.27. The Morgan fingerprint density at radius 2 is 1.92 bits per heavy atom. The highest BCUT2D eigenvalue weighted by Crippen LogP contribution is 2.44. The molecule has 2 aromatic rings. The fourth-order valence-corrected chi connectivity index (χ4v) is 2.62. The van der Waals surface area contributed by atoms with Crippen molar-refractivity contribution in [2.24, 2.45) is 5.41 Å². The molecule has 1 saturated carbocycles. The minimum atomic E-state index is -0.180. The Labute approximate surface area is 142 Å². The summed E-state index contributed by atoms with van der Waals surface area (Å²) in [6.45, 7) is 1.81. The van der Waals surface area contributed by atoms with Gasteiger partial charge in [-0.15, -0.1) is 0 Å². The van der Waals surface area contributed by atoms with Gasteiger partial charge in [-0.1, -0.05) is 30.3 Å². The molecule has 1 aliphatic carbocycles. The molecule has 0 aromatic heterocycles. The maximum atomic E-state index is 11.7. The maximum absolute atomic E-state index is 11.7. The van der Waals surface area contributed by atoms with Crippen molar-refractivity contribution >= 4 is 16.8 Å². The number of amides is 2. The lowest BCUT2D eigenvalue weighted by Gasteiger charge is -2.13. The summed E-state index contributed by atoms with van der Waals surface area (Å²) in [5.41, 5.74) is -0.0590. The lowest BCUT2D eigenvalue weighted by atomic mass is 10.1. The minimum absolute atomic E-state index is 0.0590. The number of urea groups is 1. The highest BCUT2D eigenvalue weighted by Gasteiger charge is 2.42. The van der Waals surface area contributed by atoms with Crippen LogP contribution in [0, 0.1) is 5.41 Å². The van der Waals surface area contributed by atoms with Gasteiger partial charge in [0.2, 0.25) is 0 Å². The molecule has 0 aliphatic heterocycles. The quantitative estimate of drug-likeness (QED) is 0.653. The molecule has 2 aromatic carbocycles. The zero-order valence-electron chi connectivity index (χ0n) is 13.8. The van der Waals surface area contributed by atoms with Gasteiger partial charge in [0.1, 0.15) is 5.75 Å². The maximum Gasteiger partial charge on any atom is 0.314 e. The number of ether oxygens (including phenoxy) is 1. The monoisotopic (exact) mass is 328 g/mol. The topological polar surface area (TPSA) is 70.6 Å². The van der Waals surface area contributed by atoms with Gasteiger partial charge in [-0.2, -0.15) is 0 Å². The fraction of sp³-hybridized carbons (Fsp3) is 0.421. The lowest BCUT2D eigenvalue weighted by molar-refractivity contribution is 0.203. The molecule has 0 spiro atoms. The van der Waals surface area contributed by atoms with E-state index in [1.165, 1.54) is 5.39 Å². The summed E-state index contributed by atoms with van der Waals surface area (Å²) in [5.74, 6) is 0.844. The van der Waals surface area contributed by atoms with Gasteiger partial charge >= 0.3 is 6.03 Å². The van der Waals surface area contributed by atoms with E-state index in [2.05, 4.69) is 22.8 Å². The molecule has 5 heteroatoms. The molecule has 0 saturated heterocycles. The van der Waals surface area contributed by atoms with Crippen molar-refractivity contribution in [3.05, 3.63) is 42.5 Å². The van der Waals surface area contributed by atoms with E-state index >= 15 is 0 Å². The second kappa shape index (κ2) is 7.53. The summed E-state index contributed by atoms with van der Waals surface area (Å²) >= 11 is 0. The second-order valence-electron chi connectivity index (χ2n) is 6.48. The number of fused-ring (bicyclic) bond motifs is 1. The van der Waals surface area contributed by atoms with Crippen molar-refractivity contribution in [3.63, 3.8) is 0 Å². The summed E-state index contributed by atoms with van der Waals surface area (Å²) < 4.78 is 5.73. The zero-order valence-corrected chi connectivity index (χ0v) is 13.8. The highest BCUT2D eigenvalue weighted by molar-refractivity contribution is 5.83. The predicted molar refractivity (Wildman–Crippen MR) is 94.2 cm³/mol. The fourth-order valence-electron chi connectivity index (χ4n) is 2.62. The number of rotatable bonds is 8. The molecule has 5 nitrogen and oxygen atoms in total. The van der Waals surface area contributed by atoms with E-state index in [9.17, 15) is 9.90 Å². The van der Waals surface area contributed by atoms with Gasteiger partial charge in [0, 0.05) is 18.5 Å². The smallest absolute Gasteiger partial charge is 0.314 e. The first kappa shape index (κ1) is 16.6. The molecule has 1 aliphatic rings. The van der Waals surface area contributed by atoms with Crippen LogP contribution in [0.15, 0.2) is 42.5 Å². The van der Waals surface area contributed by atoms with Crippen molar-refractivity contribution in [2.75, 3.05) is 26.3 Å². The molecule has 2 amide bonds. The third-order valence-electron chi connectivity index (χ3n) is 4.51. The summed E-state index contributed by atoms with van der Waals surface area (Å²) in [4.78, 5) is 11.7. The van der Waals surface area contributed by atoms with Crippen LogP contribution in [0.1, 0.15) is 19.3 Å². The molecule has 3 rings (SSSR count). The molecule has 24 heavy (non-hydrogen) atoms. The second-order valence-corrected chi connectivity index (χ2v) is 6.48. The van der Waals surface area contributed by atoms with Crippen molar-refractivity contribution in [1.29, 1.82) is 0 Å². The van der Waals surface area contributed by atoms with E-state index in [-0.39, 0.29) is 18.1 Å². The first-order valence-electron chi connectivity index (χ1n) is 8.45. The number of benzene rings is 2. The Bertz CT molecular complexity index is 698. The number of hydrogen-bond donors (Lipinski definition) is 3. The third-order valence-corrected chi connectivity index (χ3v) is 4.51. The van der Waals surface area contributed by atoms with Gasteiger partial charge in [0.15, 0.2) is 0 Å². The van der Waals surface area contributed by atoms with E-state index in [0.29, 0.717) is 19.7 Å². The SMILES string of the molecule is O=C(NCCCOc1ccc2ccccc2c1)NCC1(CO)CC1. The van der Waals surface area contributed by atoms with Crippen LogP contribution in [0.25, 0.3) is 10.8 Å². The summed E-state index contributed by atoms with van der Waals surface area (Å²) in [6, 6.07) is 14.0. The Kier molecular flexibility index (Phi) is 5.20. The molecular weight excluding hydrogens is 304 g/mol. The van der Waals surface area contributed by atoms with Gasteiger partial charge in [0.05, 0.1) is 13.2 Å². The van der Waals surface area contributed by atoms with E-state index in [1.54, 1.807) is 0 Å². The number of aliphatic hydroxyl groups is 1. The van der Waals surface area contributed by atoms with Crippen LogP contribution in [-0.2, 0) is 0 Å². The van der Waals surface area contributed by atoms with Crippen LogP contribution in [-0.4, -0.2) is 37.4 Å². The summed E-state index contributed by atoms with van der Waals surface area (Å²) in [5, 5.41) is 17.2. The first-order valence-corrected chi connectivity index (χ1v) is 8.45. The number of hydrogen-bond acceptors (Lipinski definition) is 3. The number of carbonyl (C=O) groups excluding carboxylic acids is 1. The van der Waals surface area contributed by atoms with Gasteiger partial charge in [-0.3, -0.25) is 0 Å². The van der Waals surface area contributed by atoms with E-state index in [0.717, 1.165) is 30.4 Å². The van der Waals surface area contributed by atoms with Crippen molar-refractivity contribution < 1.29 is 14.6 Å². The predicted octanol–water partition coefficient (Wildman–Crippen LogP) is 2.68. The van der Waals surface area contributed by atoms with Crippen LogP contribution >= 0.6 is 0 Å². The molecule has 0 heterocycles. The molecule has 0 bridgehead atoms. The lowest BCUT2D eigenvalue weighted by Crippen LogP contribution is -2.40. The largest absolute Gasteiger partial charge is 0.494 e. The van der Waals surface area contributed by atoms with E-state index in [4.69, 9.17) is 4.74 Å². The number of nitrogens with one attached hydrogen (secondary N) is 2. The van der Waals surface area contributed by atoms with Gasteiger partial charge in [0.25, 0.3) is 0 Å². The molecule has 3 N–H and O–H groups in total. The third kappa shape index (κ3) is 4.38. The van der Waals surface area contributed by atoms with Crippen molar-refractivity contribution in [2.45, 2.75) is 19.3 Å². The molecule has 1 fully saturated rings. The molecular formula is C19H24N2O3. The van der Waals surface area contributed by atoms with E-state index < -0.39 is 0 Å². The van der Waals surface area contributed by atoms with Crippen LogP contribution in [0.2, 0.25) is 0 Å². The van der Waals surface area contributed by atoms with Crippen molar-refractivity contribution in [3.8, 4) is 5.75 Å². The zero-order chi connectivity index (χ0) is 16.8. The standard InChI is InChI=1S/C19H24N2O3/c22-14-19(8-9-19)13-21-18(23)20-10-3-11-24-17-7-6-15-4-1-2-5-16(15)12-17/h1-2,4-7,12,22H,3,8-11,13-14H2,(H2,20,21,23). The molecule has 128 valence electrons. The molecule has 0 radical (unpaired) electrons. The average Bonchev–Trinajstić information content (AvgIpc) is 3.40. The summed E-state index contributed by atoms with van der Waals surface area (Å²) in [6.07, 6.45) is 2.72. The van der Waals surface area contributed by atoms with Gasteiger partial charge in [-0.25, -0.2) is 4.79 Å². The van der Waals surface area contributed by atoms with E-state index in [1.807, 2.05) is 30.3 Å². The Morgan fingerprint density at radius 1 is 1.12 bits per heavy atom. The van der Waals surface area contributed by atoms with Gasteiger partial charge in [-0.05, 0) is 42.2 Å². The Morgan fingerprint density at radius 3 is 2.67 bits per heavy atom. The first-order chi connectivity index (χ1) is 11.7. The minimum Gasteiger partial charge on any atom is -0.494 e. The highest BCUT2D eigenvalue weighted by atomic mass is 16.5. The number of aliphatic hydroxyl groups excluding tert-OH is 1. The normalized spacial score (nSPS) is 15.0.